The van der Waals surface area contributed by atoms with Gasteiger partial charge in [0.15, 0.2) is 0 Å². The Hall–Kier alpha value is -0.560. The van der Waals surface area contributed by atoms with E-state index >= 15 is 0 Å². The Kier molecular flexibility index (Phi) is 4.23. The number of benzene rings is 1. The molecule has 0 aromatic heterocycles. The highest BCUT2D eigenvalue weighted by Crippen LogP contribution is 2.18. The number of allylic oxidation sites excluding steroid dienone is 2. The lowest BCUT2D eigenvalue weighted by atomic mass is 10.1. The van der Waals surface area contributed by atoms with Crippen molar-refractivity contribution in [2.24, 2.45) is 0 Å². The van der Waals surface area contributed by atoms with Crippen LogP contribution in [0.4, 0.5) is 0 Å². The predicted octanol–water partition coefficient (Wildman–Crippen LogP) is 4.27. The molecule has 0 bridgehead atoms. The van der Waals surface area contributed by atoms with E-state index in [1.54, 1.807) is 0 Å². The Labute approximate surface area is 88.8 Å². The first-order valence-corrected chi connectivity index (χ1v) is 5.39. The molecule has 1 rings (SSSR count). The van der Waals surface area contributed by atoms with E-state index in [0.717, 1.165) is 12.8 Å². The molecule has 0 spiro atoms. The lowest BCUT2D eigenvalue weighted by Gasteiger charge is -2.02. The van der Waals surface area contributed by atoms with Crippen molar-refractivity contribution < 1.29 is 0 Å². The third kappa shape index (κ3) is 3.35. The zero-order valence-electron chi connectivity index (χ0n) is 8.18. The average Bonchev–Trinajstić information content (AvgIpc) is 2.12. The minimum absolute atomic E-state index is 1.13. The molecule has 0 aliphatic heterocycles. The van der Waals surface area contributed by atoms with Crippen molar-refractivity contribution in [3.63, 3.8) is 0 Å². The molecule has 0 radical (unpaired) electrons. The minimum Gasteiger partial charge on any atom is -0.0917 e. The van der Waals surface area contributed by atoms with Gasteiger partial charge in [-0.2, -0.15) is 0 Å². The van der Waals surface area contributed by atoms with Crippen LogP contribution in [0, 0.1) is 6.92 Å². The molecule has 0 fully saturated rings. The summed E-state index contributed by atoms with van der Waals surface area (Å²) in [5.74, 6) is 0. The first-order chi connectivity index (χ1) is 6.24. The monoisotopic (exact) mass is 238 g/mol. The highest BCUT2D eigenvalue weighted by atomic mass is 79.9. The highest BCUT2D eigenvalue weighted by Gasteiger charge is 1.95. The van der Waals surface area contributed by atoms with Crippen LogP contribution in [0.2, 0.25) is 0 Å². The molecule has 0 nitrogen and oxygen atoms in total. The Bertz CT molecular complexity index is 300. The van der Waals surface area contributed by atoms with Gasteiger partial charge in [0.05, 0.1) is 0 Å². The highest BCUT2D eigenvalue weighted by molar-refractivity contribution is 9.10. The molecule has 70 valence electrons. The summed E-state index contributed by atoms with van der Waals surface area (Å²) in [7, 11) is 0. The molecule has 13 heavy (non-hydrogen) atoms. The fraction of sp³-hybridized carbons (Fsp3) is 0.333. The fourth-order valence-corrected chi connectivity index (χ4v) is 1.63. The number of rotatable bonds is 3. The van der Waals surface area contributed by atoms with E-state index in [2.05, 4.69) is 60.1 Å². The molecule has 1 aromatic carbocycles. The number of aryl methyl sites for hydroxylation is 2. The van der Waals surface area contributed by atoms with Gasteiger partial charge in [0.1, 0.15) is 0 Å². The van der Waals surface area contributed by atoms with Crippen molar-refractivity contribution in [3.8, 4) is 0 Å². The summed E-state index contributed by atoms with van der Waals surface area (Å²) in [5, 5.41) is 0. The molecule has 0 amide bonds. The van der Waals surface area contributed by atoms with Gasteiger partial charge < -0.3 is 0 Å². The molecule has 0 saturated heterocycles. The van der Waals surface area contributed by atoms with Crippen LogP contribution >= 0.6 is 15.9 Å². The van der Waals surface area contributed by atoms with E-state index in [0.29, 0.717) is 0 Å². The first kappa shape index (κ1) is 10.5. The maximum Gasteiger partial charge on any atom is 0.0207 e. The summed E-state index contributed by atoms with van der Waals surface area (Å²) < 4.78 is 1.21. The first-order valence-electron chi connectivity index (χ1n) is 4.60. The molecular formula is C12H15Br. The SMILES string of the molecule is C/C=C\CCc1ccc(C)c(Br)c1. The molecule has 0 saturated carbocycles. The van der Waals surface area contributed by atoms with Crippen LogP contribution in [-0.2, 0) is 6.42 Å². The summed E-state index contributed by atoms with van der Waals surface area (Å²) in [6.07, 6.45) is 6.56. The zero-order chi connectivity index (χ0) is 9.68. The number of hydrogen-bond donors (Lipinski definition) is 0. The zero-order valence-corrected chi connectivity index (χ0v) is 9.76. The molecule has 1 heteroatoms. The fourth-order valence-electron chi connectivity index (χ4n) is 1.21. The van der Waals surface area contributed by atoms with E-state index in [1.807, 2.05) is 0 Å². The number of hydrogen-bond acceptors (Lipinski definition) is 0. The molecule has 0 aliphatic carbocycles. The van der Waals surface area contributed by atoms with E-state index in [4.69, 9.17) is 0 Å². The second-order valence-electron chi connectivity index (χ2n) is 3.19. The van der Waals surface area contributed by atoms with Gasteiger partial charge in [-0.1, -0.05) is 40.2 Å². The molecule has 0 aliphatic rings. The minimum atomic E-state index is 1.13. The summed E-state index contributed by atoms with van der Waals surface area (Å²) >= 11 is 3.54. The van der Waals surface area contributed by atoms with E-state index in [1.165, 1.54) is 15.6 Å². The normalized spacial score (nSPS) is 11.0. The quantitative estimate of drug-likeness (QED) is 0.691. The molecule has 1 aromatic rings. The second kappa shape index (κ2) is 5.23. The van der Waals surface area contributed by atoms with E-state index in [-0.39, 0.29) is 0 Å². The molecule has 0 unspecified atom stereocenters. The van der Waals surface area contributed by atoms with Crippen molar-refractivity contribution in [2.45, 2.75) is 26.7 Å². The maximum atomic E-state index is 3.54. The van der Waals surface area contributed by atoms with Gasteiger partial charge in [-0.3, -0.25) is 0 Å². The Morgan fingerprint density at radius 1 is 1.38 bits per heavy atom. The van der Waals surface area contributed by atoms with Crippen molar-refractivity contribution >= 4 is 15.9 Å². The summed E-state index contributed by atoms with van der Waals surface area (Å²) in [6, 6.07) is 6.57. The second-order valence-corrected chi connectivity index (χ2v) is 4.05. The molecule has 0 atom stereocenters. The topological polar surface area (TPSA) is 0 Å². The van der Waals surface area contributed by atoms with Crippen LogP contribution in [0.5, 0.6) is 0 Å². The van der Waals surface area contributed by atoms with Gasteiger partial charge in [-0.25, -0.2) is 0 Å². The summed E-state index contributed by atoms with van der Waals surface area (Å²) in [6.45, 7) is 4.17. The standard InChI is InChI=1S/C12H15Br/c1-3-4-5-6-11-8-7-10(2)12(13)9-11/h3-4,7-9H,5-6H2,1-2H3/b4-3-. The number of halogens is 1. The summed E-state index contributed by atoms with van der Waals surface area (Å²) in [4.78, 5) is 0. The van der Waals surface area contributed by atoms with Crippen LogP contribution in [0.1, 0.15) is 24.5 Å². The van der Waals surface area contributed by atoms with Crippen molar-refractivity contribution in [1.29, 1.82) is 0 Å². The largest absolute Gasteiger partial charge is 0.0917 e. The smallest absolute Gasteiger partial charge is 0.0207 e. The molecule has 0 heterocycles. The van der Waals surface area contributed by atoms with Gasteiger partial charge in [0, 0.05) is 4.47 Å². The lowest BCUT2D eigenvalue weighted by molar-refractivity contribution is 0.996. The summed E-state index contributed by atoms with van der Waals surface area (Å²) in [5.41, 5.74) is 2.70. The Balaban J connectivity index is 2.63. The third-order valence-electron chi connectivity index (χ3n) is 2.07. The average molecular weight is 239 g/mol. The molecule has 0 N–H and O–H groups in total. The maximum absolute atomic E-state index is 3.54. The van der Waals surface area contributed by atoms with Crippen LogP contribution in [-0.4, -0.2) is 0 Å². The van der Waals surface area contributed by atoms with Gasteiger partial charge in [0.2, 0.25) is 0 Å². The van der Waals surface area contributed by atoms with Crippen LogP contribution < -0.4 is 0 Å². The van der Waals surface area contributed by atoms with Gasteiger partial charge in [-0.15, -0.1) is 0 Å². The van der Waals surface area contributed by atoms with Crippen LogP contribution in [0.3, 0.4) is 0 Å². The Morgan fingerprint density at radius 2 is 2.15 bits per heavy atom. The van der Waals surface area contributed by atoms with Gasteiger partial charge in [-0.05, 0) is 43.9 Å². The predicted molar refractivity (Wildman–Crippen MR) is 62.0 cm³/mol. The molecular weight excluding hydrogens is 224 g/mol. The van der Waals surface area contributed by atoms with Crippen molar-refractivity contribution in [3.05, 3.63) is 46.0 Å². The van der Waals surface area contributed by atoms with Gasteiger partial charge in [0.25, 0.3) is 0 Å². The van der Waals surface area contributed by atoms with Gasteiger partial charge >= 0.3 is 0 Å². The van der Waals surface area contributed by atoms with Crippen molar-refractivity contribution in [1.82, 2.24) is 0 Å². The van der Waals surface area contributed by atoms with Crippen molar-refractivity contribution in [2.75, 3.05) is 0 Å². The Morgan fingerprint density at radius 3 is 2.77 bits per heavy atom. The third-order valence-corrected chi connectivity index (χ3v) is 2.93. The van der Waals surface area contributed by atoms with E-state index in [9.17, 15) is 0 Å². The lowest BCUT2D eigenvalue weighted by Crippen LogP contribution is -1.84. The van der Waals surface area contributed by atoms with E-state index < -0.39 is 0 Å². The van der Waals surface area contributed by atoms with Crippen LogP contribution in [0.15, 0.2) is 34.8 Å². The van der Waals surface area contributed by atoms with Crippen LogP contribution in [0.25, 0.3) is 0 Å².